The number of ketones is 1. The van der Waals surface area contributed by atoms with Crippen molar-refractivity contribution in [2.24, 2.45) is 0 Å². The van der Waals surface area contributed by atoms with Crippen LogP contribution in [-0.4, -0.2) is 59.1 Å². The van der Waals surface area contributed by atoms with Crippen LogP contribution >= 0.6 is 0 Å². The lowest BCUT2D eigenvalue weighted by molar-refractivity contribution is -0.119. The molecule has 0 fully saturated rings. The molecule has 5 nitrogen and oxygen atoms in total. The lowest BCUT2D eigenvalue weighted by Crippen LogP contribution is -2.11. The first kappa shape index (κ1) is 17.5. The standard InChI is InChI=1S/C13H26O5/c1-3-13(14)5-4-6-16-9-10-18-12-11-17-8-7-15-2/h3-12H2,1-2H3. The molecule has 0 atom stereocenters. The molecule has 0 radical (unpaired) electrons. The fourth-order valence-electron chi connectivity index (χ4n) is 1.23. The molecule has 0 saturated heterocycles. The highest BCUT2D eigenvalue weighted by atomic mass is 16.6. The summed E-state index contributed by atoms with van der Waals surface area (Å²) < 4.78 is 20.7. The Morgan fingerprint density at radius 2 is 1.33 bits per heavy atom. The molecule has 0 N–H and O–H groups in total. The van der Waals surface area contributed by atoms with Crippen molar-refractivity contribution >= 4 is 5.78 Å². The first-order valence-corrected chi connectivity index (χ1v) is 6.55. The largest absolute Gasteiger partial charge is 0.382 e. The minimum atomic E-state index is 0.294. The van der Waals surface area contributed by atoms with Crippen molar-refractivity contribution in [1.29, 1.82) is 0 Å². The number of carbonyl (C=O) groups is 1. The number of rotatable bonds is 14. The van der Waals surface area contributed by atoms with E-state index in [2.05, 4.69) is 0 Å². The Labute approximate surface area is 110 Å². The molecule has 0 saturated carbocycles. The van der Waals surface area contributed by atoms with Gasteiger partial charge in [-0.25, -0.2) is 0 Å². The van der Waals surface area contributed by atoms with Crippen LogP contribution in [0.3, 0.4) is 0 Å². The fraction of sp³-hybridized carbons (Fsp3) is 0.923. The minimum Gasteiger partial charge on any atom is -0.382 e. The lowest BCUT2D eigenvalue weighted by Gasteiger charge is -2.06. The third kappa shape index (κ3) is 13.6. The molecule has 0 aliphatic heterocycles. The van der Waals surface area contributed by atoms with Crippen LogP contribution in [0.5, 0.6) is 0 Å². The highest BCUT2D eigenvalue weighted by Gasteiger charge is 1.97. The Kier molecular flexibility index (Phi) is 14.2. The highest BCUT2D eigenvalue weighted by Crippen LogP contribution is 1.95. The molecule has 0 unspecified atom stereocenters. The van der Waals surface area contributed by atoms with E-state index in [1.807, 2.05) is 6.92 Å². The molecule has 108 valence electrons. The molecule has 5 heteroatoms. The van der Waals surface area contributed by atoms with Crippen molar-refractivity contribution in [3.8, 4) is 0 Å². The van der Waals surface area contributed by atoms with Gasteiger partial charge in [-0.05, 0) is 6.42 Å². The molecular weight excluding hydrogens is 236 g/mol. The normalized spacial score (nSPS) is 10.8. The van der Waals surface area contributed by atoms with E-state index in [0.717, 1.165) is 6.42 Å². The van der Waals surface area contributed by atoms with Crippen molar-refractivity contribution in [2.45, 2.75) is 26.2 Å². The lowest BCUT2D eigenvalue weighted by atomic mass is 10.2. The van der Waals surface area contributed by atoms with Crippen molar-refractivity contribution in [3.63, 3.8) is 0 Å². The second-order valence-electron chi connectivity index (χ2n) is 3.83. The predicted octanol–water partition coefficient (Wildman–Crippen LogP) is 1.44. The summed E-state index contributed by atoms with van der Waals surface area (Å²) in [5, 5.41) is 0. The van der Waals surface area contributed by atoms with Crippen molar-refractivity contribution in [1.82, 2.24) is 0 Å². The highest BCUT2D eigenvalue weighted by molar-refractivity contribution is 5.77. The van der Waals surface area contributed by atoms with Crippen molar-refractivity contribution in [3.05, 3.63) is 0 Å². The second kappa shape index (κ2) is 14.6. The molecule has 0 aliphatic rings. The Bertz CT molecular complexity index is 184. The van der Waals surface area contributed by atoms with Crippen molar-refractivity contribution in [2.75, 3.05) is 53.4 Å². The van der Waals surface area contributed by atoms with Crippen LogP contribution in [0, 0.1) is 0 Å². The van der Waals surface area contributed by atoms with Gasteiger partial charge in [-0.3, -0.25) is 4.79 Å². The number of hydrogen-bond donors (Lipinski definition) is 0. The molecule has 0 heterocycles. The zero-order chi connectivity index (χ0) is 13.5. The van der Waals surface area contributed by atoms with Crippen molar-refractivity contribution < 1.29 is 23.7 Å². The monoisotopic (exact) mass is 262 g/mol. The van der Waals surface area contributed by atoms with E-state index in [-0.39, 0.29) is 0 Å². The van der Waals surface area contributed by atoms with Gasteiger partial charge in [-0.2, -0.15) is 0 Å². The molecule has 0 aromatic heterocycles. The van der Waals surface area contributed by atoms with E-state index >= 15 is 0 Å². The molecule has 18 heavy (non-hydrogen) atoms. The van der Waals surface area contributed by atoms with Crippen LogP contribution < -0.4 is 0 Å². The van der Waals surface area contributed by atoms with Gasteiger partial charge in [0, 0.05) is 26.6 Å². The quantitative estimate of drug-likeness (QED) is 0.443. The second-order valence-corrected chi connectivity index (χ2v) is 3.83. The van der Waals surface area contributed by atoms with Gasteiger partial charge in [0.2, 0.25) is 0 Å². The van der Waals surface area contributed by atoms with Gasteiger partial charge >= 0.3 is 0 Å². The summed E-state index contributed by atoms with van der Waals surface area (Å²) in [6.45, 7) is 6.00. The van der Waals surface area contributed by atoms with Crippen LogP contribution in [0.4, 0.5) is 0 Å². The number of hydrogen-bond acceptors (Lipinski definition) is 5. The van der Waals surface area contributed by atoms with E-state index in [9.17, 15) is 4.79 Å². The number of methoxy groups -OCH3 is 1. The Morgan fingerprint density at radius 3 is 1.83 bits per heavy atom. The Hall–Kier alpha value is -0.490. The summed E-state index contributed by atoms with van der Waals surface area (Å²) >= 11 is 0. The fourth-order valence-corrected chi connectivity index (χ4v) is 1.23. The third-order valence-corrected chi connectivity index (χ3v) is 2.31. The number of Topliss-reactive ketones (excluding diaryl/α,β-unsaturated/α-hetero) is 1. The van der Waals surface area contributed by atoms with Crippen LogP contribution in [0.1, 0.15) is 26.2 Å². The summed E-state index contributed by atoms with van der Waals surface area (Å²) in [6.07, 6.45) is 2.03. The Morgan fingerprint density at radius 1 is 0.833 bits per heavy atom. The third-order valence-electron chi connectivity index (χ3n) is 2.31. The summed E-state index contributed by atoms with van der Waals surface area (Å²) in [4.78, 5) is 11.0. The van der Waals surface area contributed by atoms with Gasteiger partial charge in [0.05, 0.1) is 39.6 Å². The first-order valence-electron chi connectivity index (χ1n) is 6.55. The van der Waals surface area contributed by atoms with Gasteiger partial charge in [0.1, 0.15) is 5.78 Å². The van der Waals surface area contributed by atoms with E-state index in [1.165, 1.54) is 0 Å². The average Bonchev–Trinajstić information content (AvgIpc) is 2.39. The van der Waals surface area contributed by atoms with Gasteiger partial charge in [-0.15, -0.1) is 0 Å². The molecule has 0 bridgehead atoms. The molecule has 0 aromatic carbocycles. The summed E-state index contributed by atoms with van der Waals surface area (Å²) in [6, 6.07) is 0. The zero-order valence-electron chi connectivity index (χ0n) is 11.6. The van der Waals surface area contributed by atoms with Crippen LogP contribution in [0.25, 0.3) is 0 Å². The van der Waals surface area contributed by atoms with Gasteiger partial charge < -0.3 is 18.9 Å². The molecular formula is C13H26O5. The topological polar surface area (TPSA) is 54.0 Å². The Balaban J connectivity index is 2.97. The molecule has 0 spiro atoms. The molecule has 0 aromatic rings. The molecule has 0 amide bonds. The number of ether oxygens (including phenoxy) is 4. The molecule has 0 rings (SSSR count). The maximum Gasteiger partial charge on any atom is 0.132 e. The summed E-state index contributed by atoms with van der Waals surface area (Å²) in [7, 11) is 1.64. The van der Waals surface area contributed by atoms with E-state index in [4.69, 9.17) is 18.9 Å². The van der Waals surface area contributed by atoms with Crippen LogP contribution in [0.2, 0.25) is 0 Å². The summed E-state index contributed by atoms with van der Waals surface area (Å²) in [5.41, 5.74) is 0. The first-order chi connectivity index (χ1) is 8.81. The molecule has 0 aliphatic carbocycles. The van der Waals surface area contributed by atoms with Gasteiger partial charge in [0.25, 0.3) is 0 Å². The van der Waals surface area contributed by atoms with E-state index in [0.29, 0.717) is 64.9 Å². The average molecular weight is 262 g/mol. The minimum absolute atomic E-state index is 0.294. The smallest absolute Gasteiger partial charge is 0.132 e. The van der Waals surface area contributed by atoms with Gasteiger partial charge in [0.15, 0.2) is 0 Å². The predicted molar refractivity (Wildman–Crippen MR) is 68.9 cm³/mol. The zero-order valence-corrected chi connectivity index (χ0v) is 11.6. The maximum absolute atomic E-state index is 11.0. The summed E-state index contributed by atoms with van der Waals surface area (Å²) in [5.74, 6) is 0.294. The van der Waals surface area contributed by atoms with Gasteiger partial charge in [-0.1, -0.05) is 6.92 Å². The van der Waals surface area contributed by atoms with Crippen LogP contribution in [-0.2, 0) is 23.7 Å². The number of carbonyl (C=O) groups excluding carboxylic acids is 1. The van der Waals surface area contributed by atoms with Crippen LogP contribution in [0.15, 0.2) is 0 Å². The SMILES string of the molecule is CCC(=O)CCCOCCOCCOCCOC. The maximum atomic E-state index is 11.0. The van der Waals surface area contributed by atoms with E-state index < -0.39 is 0 Å². The van der Waals surface area contributed by atoms with E-state index in [1.54, 1.807) is 7.11 Å².